The van der Waals surface area contributed by atoms with Crippen LogP contribution in [-0.2, 0) is 0 Å². The van der Waals surface area contributed by atoms with Crippen molar-refractivity contribution < 1.29 is 15.3 Å². The molecule has 0 aromatic heterocycles. The van der Waals surface area contributed by atoms with E-state index >= 15 is 0 Å². The zero-order chi connectivity index (χ0) is 22.4. The summed E-state index contributed by atoms with van der Waals surface area (Å²) in [5, 5.41) is 33.4. The largest absolute Gasteiger partial charge is 0.390 e. The van der Waals surface area contributed by atoms with Gasteiger partial charge in [-0.15, -0.1) is 0 Å². The van der Waals surface area contributed by atoms with Crippen LogP contribution in [-0.4, -0.2) is 50.6 Å². The van der Waals surface area contributed by atoms with Crippen LogP contribution in [0.3, 0.4) is 0 Å². The van der Waals surface area contributed by atoms with E-state index in [1.807, 2.05) is 6.07 Å². The summed E-state index contributed by atoms with van der Waals surface area (Å²) in [6.45, 7) is 9.77. The number of likely N-dealkylation sites (tertiary alicyclic amines) is 1. The van der Waals surface area contributed by atoms with Gasteiger partial charge in [0.2, 0.25) is 0 Å². The summed E-state index contributed by atoms with van der Waals surface area (Å²) < 4.78 is 0. The smallest absolute Gasteiger partial charge is 0.0868 e. The van der Waals surface area contributed by atoms with Crippen LogP contribution in [0.15, 0.2) is 30.3 Å². The highest BCUT2D eigenvalue weighted by Gasteiger charge is 2.56. The van der Waals surface area contributed by atoms with Gasteiger partial charge in [-0.1, -0.05) is 58.0 Å². The number of nitrogens with zero attached hydrogens (tertiary/aromatic N) is 1. The van der Waals surface area contributed by atoms with Gasteiger partial charge in [-0.25, -0.2) is 0 Å². The lowest BCUT2D eigenvalue weighted by Crippen LogP contribution is -2.52. The molecule has 1 aliphatic heterocycles. The molecule has 4 heteroatoms. The number of benzene rings is 1. The highest BCUT2D eigenvalue weighted by molar-refractivity contribution is 5.24. The molecule has 0 amide bonds. The van der Waals surface area contributed by atoms with Crippen molar-refractivity contribution in [2.75, 3.05) is 6.54 Å². The van der Waals surface area contributed by atoms with Crippen molar-refractivity contribution in [2.24, 2.45) is 16.7 Å². The molecule has 2 saturated carbocycles. The third kappa shape index (κ3) is 4.46. The molecule has 1 aromatic rings. The summed E-state index contributed by atoms with van der Waals surface area (Å²) in [6.07, 6.45) is 5.84. The lowest BCUT2D eigenvalue weighted by molar-refractivity contribution is -0.0801. The molecular weight excluding hydrogens is 386 g/mol. The number of hydrogen-bond acceptors (Lipinski definition) is 4. The molecule has 4 nitrogen and oxygen atoms in total. The van der Waals surface area contributed by atoms with Crippen LogP contribution in [0.25, 0.3) is 0 Å². The van der Waals surface area contributed by atoms with E-state index < -0.39 is 17.8 Å². The minimum Gasteiger partial charge on any atom is -0.390 e. The molecule has 3 fully saturated rings. The molecule has 5 atom stereocenters. The normalized spacial score (nSPS) is 42.2. The number of hydrogen-bond donors (Lipinski definition) is 3. The minimum absolute atomic E-state index is 0.167. The van der Waals surface area contributed by atoms with E-state index in [9.17, 15) is 15.3 Å². The fraction of sp³-hybridized carbons (Fsp3) is 0.778. The van der Waals surface area contributed by atoms with E-state index in [-0.39, 0.29) is 17.5 Å². The molecule has 3 N–H and O–H groups in total. The van der Waals surface area contributed by atoms with Crippen molar-refractivity contribution in [1.82, 2.24) is 4.90 Å². The Bertz CT molecular complexity index is 737. The minimum atomic E-state index is -0.720. The van der Waals surface area contributed by atoms with E-state index in [0.717, 1.165) is 44.9 Å². The predicted octanol–water partition coefficient (Wildman–Crippen LogP) is 4.68. The van der Waals surface area contributed by atoms with Crippen LogP contribution in [0.1, 0.15) is 90.7 Å². The molecule has 4 rings (SSSR count). The molecule has 0 bridgehead atoms. The molecule has 174 valence electrons. The van der Waals surface area contributed by atoms with Crippen molar-refractivity contribution in [3.63, 3.8) is 0 Å². The van der Waals surface area contributed by atoms with Crippen LogP contribution in [0.5, 0.6) is 0 Å². The van der Waals surface area contributed by atoms with Gasteiger partial charge in [0.15, 0.2) is 0 Å². The first-order chi connectivity index (χ1) is 14.5. The number of β-amino-alcohol motifs (C(OH)–C–C–N with tert-alkyl or cyclic N) is 1. The van der Waals surface area contributed by atoms with Crippen LogP contribution in [0.2, 0.25) is 0 Å². The second-order valence-corrected chi connectivity index (χ2v) is 12.1. The second-order valence-electron chi connectivity index (χ2n) is 12.1. The van der Waals surface area contributed by atoms with Gasteiger partial charge in [-0.3, -0.25) is 4.90 Å². The zero-order valence-corrected chi connectivity index (χ0v) is 19.9. The Labute approximate surface area is 188 Å². The molecule has 1 saturated heterocycles. The number of fused-ring (bicyclic) bond motifs is 1. The van der Waals surface area contributed by atoms with Gasteiger partial charge in [-0.05, 0) is 68.3 Å². The molecule has 0 spiro atoms. The fourth-order valence-electron chi connectivity index (χ4n) is 6.92. The van der Waals surface area contributed by atoms with Gasteiger partial charge in [0.1, 0.15) is 0 Å². The molecule has 31 heavy (non-hydrogen) atoms. The Morgan fingerprint density at radius 1 is 1.00 bits per heavy atom. The Morgan fingerprint density at radius 2 is 1.65 bits per heavy atom. The first kappa shape index (κ1) is 23.2. The van der Waals surface area contributed by atoms with Gasteiger partial charge in [0.25, 0.3) is 0 Å². The SMILES string of the molecule is CC(C)(C)C1CCC(O)(CN2[C@@H](c3ccccc3)C[C@@]3(C)[C@@H](O)[C@H](O)CCC[C@@H]23)CC1. The molecule has 3 aliphatic rings. The standard InChI is InChI=1S/C27H43NO3/c1-25(2,3)20-13-15-27(31,16-14-20)18-28-21(19-9-6-5-7-10-19)17-26(4)23(28)12-8-11-22(29)24(26)30/h5-7,9-10,20-24,29-31H,8,11-18H2,1-4H3/t20?,21-,22-,23-,24+,26-,27?/m1/s1. The molecule has 1 heterocycles. The van der Waals surface area contributed by atoms with E-state index in [0.29, 0.717) is 24.3 Å². The molecular formula is C27H43NO3. The second kappa shape index (κ2) is 8.44. The Kier molecular flexibility index (Phi) is 6.33. The summed E-state index contributed by atoms with van der Waals surface area (Å²) in [6, 6.07) is 10.9. The maximum Gasteiger partial charge on any atom is 0.0868 e. The maximum absolute atomic E-state index is 11.7. The summed E-state index contributed by atoms with van der Waals surface area (Å²) in [7, 11) is 0. The molecule has 2 aliphatic carbocycles. The van der Waals surface area contributed by atoms with Gasteiger partial charge < -0.3 is 15.3 Å². The highest BCUT2D eigenvalue weighted by atomic mass is 16.3. The van der Waals surface area contributed by atoms with Crippen molar-refractivity contribution in [1.29, 1.82) is 0 Å². The van der Waals surface area contributed by atoms with Crippen LogP contribution >= 0.6 is 0 Å². The first-order valence-corrected chi connectivity index (χ1v) is 12.4. The van der Waals surface area contributed by atoms with Gasteiger partial charge >= 0.3 is 0 Å². The zero-order valence-electron chi connectivity index (χ0n) is 19.9. The van der Waals surface area contributed by atoms with Crippen molar-refractivity contribution >= 4 is 0 Å². The van der Waals surface area contributed by atoms with E-state index in [4.69, 9.17) is 0 Å². The average molecular weight is 430 g/mol. The summed E-state index contributed by atoms with van der Waals surface area (Å²) in [4.78, 5) is 2.51. The fourth-order valence-corrected chi connectivity index (χ4v) is 6.92. The van der Waals surface area contributed by atoms with Gasteiger partial charge in [0.05, 0.1) is 17.8 Å². The monoisotopic (exact) mass is 429 g/mol. The third-order valence-electron chi connectivity index (χ3n) is 9.01. The Hall–Kier alpha value is -0.940. The van der Waals surface area contributed by atoms with Crippen molar-refractivity contribution in [3.05, 3.63) is 35.9 Å². The third-order valence-corrected chi connectivity index (χ3v) is 9.01. The van der Waals surface area contributed by atoms with Gasteiger partial charge in [0, 0.05) is 24.0 Å². The first-order valence-electron chi connectivity index (χ1n) is 12.4. The average Bonchev–Trinajstić information content (AvgIpc) is 2.94. The van der Waals surface area contributed by atoms with Gasteiger partial charge in [-0.2, -0.15) is 0 Å². The molecule has 0 radical (unpaired) electrons. The number of aliphatic hydroxyl groups is 3. The number of aliphatic hydroxyl groups excluding tert-OH is 2. The molecule has 1 aromatic carbocycles. The quantitative estimate of drug-likeness (QED) is 0.653. The topological polar surface area (TPSA) is 63.9 Å². The van der Waals surface area contributed by atoms with E-state index in [1.54, 1.807) is 0 Å². The van der Waals surface area contributed by atoms with E-state index in [2.05, 4.69) is 56.9 Å². The molecule has 0 unspecified atom stereocenters. The lowest BCUT2D eigenvalue weighted by Gasteiger charge is -2.45. The predicted molar refractivity (Wildman–Crippen MR) is 125 cm³/mol. The summed E-state index contributed by atoms with van der Waals surface area (Å²) in [5.41, 5.74) is 0.512. The van der Waals surface area contributed by atoms with Crippen LogP contribution < -0.4 is 0 Å². The van der Waals surface area contributed by atoms with Crippen LogP contribution in [0.4, 0.5) is 0 Å². The van der Waals surface area contributed by atoms with E-state index in [1.165, 1.54) is 5.56 Å². The Balaban J connectivity index is 1.61. The number of rotatable bonds is 3. The highest BCUT2D eigenvalue weighted by Crippen LogP contribution is 2.54. The summed E-state index contributed by atoms with van der Waals surface area (Å²) >= 11 is 0. The van der Waals surface area contributed by atoms with Crippen LogP contribution in [0, 0.1) is 16.7 Å². The Morgan fingerprint density at radius 3 is 2.26 bits per heavy atom. The maximum atomic E-state index is 11.7. The van der Waals surface area contributed by atoms with Crippen molar-refractivity contribution in [3.8, 4) is 0 Å². The lowest BCUT2D eigenvalue weighted by atomic mass is 9.68. The van der Waals surface area contributed by atoms with Crippen molar-refractivity contribution in [2.45, 2.75) is 109 Å². The summed E-state index contributed by atoms with van der Waals surface area (Å²) in [5.74, 6) is 0.663.